The van der Waals surface area contributed by atoms with E-state index in [0.717, 1.165) is 55.6 Å². The normalized spacial score (nSPS) is 11.9. The predicted molar refractivity (Wildman–Crippen MR) is 209 cm³/mol. The van der Waals surface area contributed by atoms with E-state index >= 15 is 0 Å². The SMILES string of the molecule is c1ccc(-c2nc(-c3ccccc3-n3c4ccccc4c4cc5c(cc43)c3ccccc3n5-c3ccccc3)c3c(n2)oc2ccccc23)cc1. The lowest BCUT2D eigenvalue weighted by Crippen LogP contribution is -2.00. The molecule has 7 aromatic carbocycles. The summed E-state index contributed by atoms with van der Waals surface area (Å²) < 4.78 is 11.2. The third kappa shape index (κ3) is 4.09. The molecule has 0 aliphatic heterocycles. The van der Waals surface area contributed by atoms with Crippen LogP contribution in [-0.4, -0.2) is 19.1 Å². The minimum absolute atomic E-state index is 0.576. The van der Waals surface area contributed by atoms with Gasteiger partial charge in [-0.05, 0) is 48.5 Å². The monoisotopic (exact) mass is 652 g/mol. The average molecular weight is 653 g/mol. The van der Waals surface area contributed by atoms with Gasteiger partial charge in [0.05, 0.1) is 38.8 Å². The molecular weight excluding hydrogens is 625 g/mol. The number of para-hydroxylation sites is 5. The van der Waals surface area contributed by atoms with Gasteiger partial charge in [0.2, 0.25) is 5.71 Å². The summed E-state index contributed by atoms with van der Waals surface area (Å²) in [6, 6.07) is 59.7. The van der Waals surface area contributed by atoms with Crippen molar-refractivity contribution >= 4 is 65.7 Å². The number of hydrogen-bond acceptors (Lipinski definition) is 3. The molecule has 0 saturated carbocycles. The first-order valence-corrected chi connectivity index (χ1v) is 17.2. The molecule has 0 bridgehead atoms. The molecule has 0 saturated heterocycles. The highest BCUT2D eigenvalue weighted by Gasteiger charge is 2.23. The van der Waals surface area contributed by atoms with Gasteiger partial charge in [0.25, 0.3) is 0 Å². The Morgan fingerprint density at radius 3 is 1.75 bits per heavy atom. The van der Waals surface area contributed by atoms with E-state index in [9.17, 15) is 0 Å². The summed E-state index contributed by atoms with van der Waals surface area (Å²) in [7, 11) is 0. The Morgan fingerprint density at radius 2 is 1.00 bits per heavy atom. The van der Waals surface area contributed by atoms with Crippen LogP contribution in [0.2, 0.25) is 0 Å². The van der Waals surface area contributed by atoms with Gasteiger partial charge in [0.15, 0.2) is 5.82 Å². The second-order valence-corrected chi connectivity index (χ2v) is 13.0. The minimum atomic E-state index is 0.576. The van der Waals surface area contributed by atoms with Crippen molar-refractivity contribution < 1.29 is 4.42 Å². The van der Waals surface area contributed by atoms with Gasteiger partial charge in [-0.15, -0.1) is 0 Å². The number of benzene rings is 7. The van der Waals surface area contributed by atoms with Crippen molar-refractivity contribution in [2.75, 3.05) is 0 Å². The van der Waals surface area contributed by atoms with Crippen LogP contribution in [0.1, 0.15) is 0 Å². The number of furan rings is 1. The molecular formula is C46H28N4O. The van der Waals surface area contributed by atoms with Crippen LogP contribution in [0.5, 0.6) is 0 Å². The quantitative estimate of drug-likeness (QED) is 0.190. The molecule has 0 atom stereocenters. The highest BCUT2D eigenvalue weighted by atomic mass is 16.3. The summed E-state index contributed by atoms with van der Waals surface area (Å²) in [6.07, 6.45) is 0. The maximum Gasteiger partial charge on any atom is 0.231 e. The number of fused-ring (bicyclic) bond motifs is 9. The van der Waals surface area contributed by atoms with E-state index in [4.69, 9.17) is 14.4 Å². The lowest BCUT2D eigenvalue weighted by molar-refractivity contribution is 0.653. The first kappa shape index (κ1) is 27.9. The lowest BCUT2D eigenvalue weighted by Gasteiger charge is -2.15. The number of nitrogens with zero attached hydrogens (tertiary/aromatic N) is 4. The van der Waals surface area contributed by atoms with Gasteiger partial charge in [-0.3, -0.25) is 0 Å². The van der Waals surface area contributed by atoms with Crippen LogP contribution in [0, 0.1) is 0 Å². The Morgan fingerprint density at radius 1 is 0.431 bits per heavy atom. The van der Waals surface area contributed by atoms with Crippen molar-refractivity contribution in [3.05, 3.63) is 170 Å². The van der Waals surface area contributed by atoms with E-state index in [1.54, 1.807) is 0 Å². The Kier molecular flexibility index (Phi) is 5.89. The van der Waals surface area contributed by atoms with Crippen LogP contribution >= 0.6 is 0 Å². The fourth-order valence-corrected chi connectivity index (χ4v) is 7.95. The molecule has 0 fully saturated rings. The van der Waals surface area contributed by atoms with Crippen molar-refractivity contribution in [3.63, 3.8) is 0 Å². The molecule has 0 aliphatic rings. The molecule has 0 unspecified atom stereocenters. The smallest absolute Gasteiger partial charge is 0.231 e. The summed E-state index contributed by atoms with van der Waals surface area (Å²) in [6.45, 7) is 0. The first-order valence-electron chi connectivity index (χ1n) is 17.2. The maximum atomic E-state index is 6.42. The summed E-state index contributed by atoms with van der Waals surface area (Å²) in [5, 5.41) is 6.72. The fraction of sp³-hybridized carbons (Fsp3) is 0. The van der Waals surface area contributed by atoms with Gasteiger partial charge in [0, 0.05) is 43.7 Å². The highest BCUT2D eigenvalue weighted by molar-refractivity contribution is 6.19. The van der Waals surface area contributed by atoms with Gasteiger partial charge in [-0.2, -0.15) is 4.98 Å². The molecule has 0 radical (unpaired) electrons. The molecule has 0 aliphatic carbocycles. The van der Waals surface area contributed by atoms with Crippen LogP contribution in [0.3, 0.4) is 0 Å². The number of rotatable bonds is 4. The summed E-state index contributed by atoms with van der Waals surface area (Å²) >= 11 is 0. The molecule has 0 spiro atoms. The van der Waals surface area contributed by atoms with E-state index in [-0.39, 0.29) is 0 Å². The Hall–Kier alpha value is -6.98. The third-order valence-corrected chi connectivity index (χ3v) is 10.2. The number of aromatic nitrogens is 4. The lowest BCUT2D eigenvalue weighted by atomic mass is 10.0. The summed E-state index contributed by atoms with van der Waals surface area (Å²) in [5.41, 5.74) is 11.0. The van der Waals surface area contributed by atoms with E-state index in [1.165, 1.54) is 32.6 Å². The van der Waals surface area contributed by atoms with Gasteiger partial charge >= 0.3 is 0 Å². The van der Waals surface area contributed by atoms with Crippen molar-refractivity contribution in [1.82, 2.24) is 19.1 Å². The van der Waals surface area contributed by atoms with E-state index < -0.39 is 0 Å². The molecule has 4 aromatic heterocycles. The van der Waals surface area contributed by atoms with Gasteiger partial charge in [-0.1, -0.05) is 121 Å². The van der Waals surface area contributed by atoms with E-state index in [0.29, 0.717) is 11.5 Å². The number of hydrogen-bond donors (Lipinski definition) is 0. The summed E-state index contributed by atoms with van der Waals surface area (Å²) in [5.74, 6) is 0.629. The second kappa shape index (κ2) is 10.8. The molecule has 4 heterocycles. The molecule has 0 amide bonds. The highest BCUT2D eigenvalue weighted by Crippen LogP contribution is 2.43. The zero-order chi connectivity index (χ0) is 33.5. The largest absolute Gasteiger partial charge is 0.438 e. The molecule has 5 heteroatoms. The van der Waals surface area contributed by atoms with Crippen LogP contribution in [0.4, 0.5) is 0 Å². The average Bonchev–Trinajstić information content (AvgIpc) is 3.85. The Labute approximate surface area is 292 Å². The van der Waals surface area contributed by atoms with Crippen molar-refractivity contribution in [1.29, 1.82) is 0 Å². The zero-order valence-electron chi connectivity index (χ0n) is 27.4. The van der Waals surface area contributed by atoms with Crippen molar-refractivity contribution in [2.45, 2.75) is 0 Å². The van der Waals surface area contributed by atoms with E-state index in [1.807, 2.05) is 48.5 Å². The zero-order valence-corrected chi connectivity index (χ0v) is 27.4. The second-order valence-electron chi connectivity index (χ2n) is 13.0. The van der Waals surface area contributed by atoms with Crippen LogP contribution < -0.4 is 0 Å². The molecule has 51 heavy (non-hydrogen) atoms. The van der Waals surface area contributed by atoms with Crippen LogP contribution in [0.15, 0.2) is 174 Å². The van der Waals surface area contributed by atoms with E-state index in [2.05, 4.69) is 130 Å². The van der Waals surface area contributed by atoms with Gasteiger partial charge < -0.3 is 13.6 Å². The summed E-state index contributed by atoms with van der Waals surface area (Å²) in [4.78, 5) is 10.3. The van der Waals surface area contributed by atoms with Crippen molar-refractivity contribution in [2.24, 2.45) is 0 Å². The molecule has 5 nitrogen and oxygen atoms in total. The van der Waals surface area contributed by atoms with Crippen molar-refractivity contribution in [3.8, 4) is 34.0 Å². The molecule has 11 aromatic rings. The third-order valence-electron chi connectivity index (χ3n) is 10.2. The van der Waals surface area contributed by atoms with Crippen LogP contribution in [-0.2, 0) is 0 Å². The standard InChI is InChI=1S/C46H28N4O/c1-3-15-29(16-4-1)45-47-44(43-34-22-10-14-26-42(34)51-46(43)48-45)33-21-9-13-25-39(33)50-38-24-12-8-20-32(38)36-27-40-35(28-41(36)50)31-19-7-11-23-37(31)49(40)30-17-5-2-6-18-30/h1-28H. The Balaban J connectivity index is 1.26. The molecule has 238 valence electrons. The van der Waals surface area contributed by atoms with Gasteiger partial charge in [0.1, 0.15) is 5.58 Å². The minimum Gasteiger partial charge on any atom is -0.438 e. The maximum absolute atomic E-state index is 6.42. The topological polar surface area (TPSA) is 48.8 Å². The Bertz CT molecular complexity index is 3130. The fourth-order valence-electron chi connectivity index (χ4n) is 7.95. The van der Waals surface area contributed by atoms with Crippen LogP contribution in [0.25, 0.3) is 99.7 Å². The molecule has 0 N–H and O–H groups in total. The van der Waals surface area contributed by atoms with Gasteiger partial charge in [-0.25, -0.2) is 4.98 Å². The predicted octanol–water partition coefficient (Wildman–Crippen LogP) is 11.9. The molecule has 11 rings (SSSR count). The first-order chi connectivity index (χ1) is 25.3.